The van der Waals surface area contributed by atoms with E-state index in [1.54, 1.807) is 21.1 Å². The van der Waals surface area contributed by atoms with Crippen molar-refractivity contribution in [1.82, 2.24) is 14.2 Å². The van der Waals surface area contributed by atoms with Gasteiger partial charge < -0.3 is 28.0 Å². The number of ether oxygens (including phenoxy) is 4. The van der Waals surface area contributed by atoms with E-state index in [2.05, 4.69) is 43.4 Å². The van der Waals surface area contributed by atoms with E-state index < -0.39 is 43.8 Å². The molecular weight excluding hydrogens is 695 g/mol. The van der Waals surface area contributed by atoms with Crippen LogP contribution in [-0.4, -0.2) is 65.9 Å². The summed E-state index contributed by atoms with van der Waals surface area (Å²) in [5.74, 6) is 1.40. The highest BCUT2D eigenvalue weighted by Crippen LogP contribution is 2.50. The molecule has 5 rings (SSSR count). The molecule has 0 amide bonds. The first-order chi connectivity index (χ1) is 25.5. The van der Waals surface area contributed by atoms with E-state index in [0.717, 1.165) is 16.7 Å². The van der Waals surface area contributed by atoms with Crippen LogP contribution in [0.4, 0.5) is 0 Å². The molecule has 0 radical (unpaired) electrons. The van der Waals surface area contributed by atoms with Gasteiger partial charge in [0.1, 0.15) is 29.4 Å². The Morgan fingerprint density at radius 3 is 2.02 bits per heavy atom. The van der Waals surface area contributed by atoms with Crippen molar-refractivity contribution in [3.05, 3.63) is 128 Å². The Kier molecular flexibility index (Phi) is 13.6. The van der Waals surface area contributed by atoms with Crippen molar-refractivity contribution in [1.29, 1.82) is 5.26 Å². The molecule has 12 nitrogen and oxygen atoms in total. The third-order valence-corrected chi connectivity index (χ3v) is 11.3. The molecule has 1 aliphatic rings. The van der Waals surface area contributed by atoms with Crippen molar-refractivity contribution >= 4 is 8.53 Å². The fraction of sp³-hybridized carbons (Fsp3) is 0.425. The third-order valence-electron chi connectivity index (χ3n) is 9.16. The van der Waals surface area contributed by atoms with Gasteiger partial charge in [-0.05, 0) is 75.6 Å². The van der Waals surface area contributed by atoms with Crippen molar-refractivity contribution in [3.8, 4) is 17.6 Å². The number of nitriles is 1. The predicted octanol–water partition coefficient (Wildman–Crippen LogP) is 6.82. The maximum atomic E-state index is 13.1. The second-order valence-corrected chi connectivity index (χ2v) is 14.8. The van der Waals surface area contributed by atoms with Crippen LogP contribution in [0.1, 0.15) is 69.0 Å². The van der Waals surface area contributed by atoms with Gasteiger partial charge in [-0.15, -0.1) is 0 Å². The standard InChI is InChI=1S/C40H49N4O8P/c1-27(2)44(28(3)4)53(50-23-11-22-41)52-35-24-37(43-25-29(5)38(45)42-39(43)46)51-36(35)26-49-40(30-12-9-8-10-13-30,31-14-18-33(47-6)19-15-31)32-16-20-34(48-7)21-17-32/h8-10,12-21,25,27-28,35-37H,11,23-24,26H2,1-7H3,(H,42,45,46)/t35?,36-,37-,53?/m1/s1. The lowest BCUT2D eigenvalue weighted by Gasteiger charge is -2.39. The Balaban J connectivity index is 1.60. The summed E-state index contributed by atoms with van der Waals surface area (Å²) in [5.41, 5.74) is 0.779. The van der Waals surface area contributed by atoms with Crippen molar-refractivity contribution < 1.29 is 28.0 Å². The topological polar surface area (TPSA) is 137 Å². The van der Waals surface area contributed by atoms with E-state index in [0.29, 0.717) is 17.1 Å². The van der Waals surface area contributed by atoms with Crippen LogP contribution in [0.5, 0.6) is 11.5 Å². The molecule has 1 aromatic heterocycles. The first-order valence-corrected chi connectivity index (χ1v) is 18.9. The van der Waals surface area contributed by atoms with E-state index in [9.17, 15) is 14.9 Å². The van der Waals surface area contributed by atoms with E-state index >= 15 is 0 Å². The average molecular weight is 745 g/mol. The van der Waals surface area contributed by atoms with Crippen LogP contribution in [0.15, 0.2) is 94.6 Å². The molecule has 0 spiro atoms. The van der Waals surface area contributed by atoms with E-state index in [-0.39, 0.29) is 38.1 Å². The molecule has 0 bridgehead atoms. The van der Waals surface area contributed by atoms with Crippen LogP contribution >= 0.6 is 8.53 Å². The zero-order chi connectivity index (χ0) is 38.1. The summed E-state index contributed by atoms with van der Waals surface area (Å²) in [6.07, 6.45) is -0.0783. The number of nitrogens with zero attached hydrogens (tertiary/aromatic N) is 3. The van der Waals surface area contributed by atoms with Crippen LogP contribution in [-0.2, 0) is 24.1 Å². The average Bonchev–Trinajstić information content (AvgIpc) is 3.56. The number of aromatic amines is 1. The zero-order valence-electron chi connectivity index (χ0n) is 31.4. The second kappa shape index (κ2) is 18.1. The van der Waals surface area contributed by atoms with E-state index in [1.165, 1.54) is 10.8 Å². The molecule has 0 aliphatic carbocycles. The summed E-state index contributed by atoms with van der Waals surface area (Å²) in [5, 5.41) is 9.29. The van der Waals surface area contributed by atoms with Crippen LogP contribution in [0.3, 0.4) is 0 Å². The van der Waals surface area contributed by atoms with Crippen LogP contribution < -0.4 is 20.7 Å². The molecule has 4 aromatic rings. The lowest BCUT2D eigenvalue weighted by molar-refractivity contribution is -0.0926. The lowest BCUT2D eigenvalue weighted by Crippen LogP contribution is -2.39. The highest BCUT2D eigenvalue weighted by Gasteiger charge is 2.45. The molecule has 282 valence electrons. The third kappa shape index (κ3) is 9.07. The van der Waals surface area contributed by atoms with Gasteiger partial charge in [-0.3, -0.25) is 14.3 Å². The van der Waals surface area contributed by atoms with Gasteiger partial charge >= 0.3 is 5.69 Å². The minimum Gasteiger partial charge on any atom is -0.497 e. The van der Waals surface area contributed by atoms with Gasteiger partial charge in [-0.25, -0.2) is 9.46 Å². The van der Waals surface area contributed by atoms with Gasteiger partial charge in [0, 0.05) is 30.3 Å². The maximum absolute atomic E-state index is 13.1. The first-order valence-electron chi connectivity index (χ1n) is 17.7. The van der Waals surface area contributed by atoms with Crippen LogP contribution in [0.2, 0.25) is 0 Å². The van der Waals surface area contributed by atoms with Gasteiger partial charge in [0.15, 0.2) is 0 Å². The number of benzene rings is 3. The molecule has 4 atom stereocenters. The van der Waals surface area contributed by atoms with E-state index in [4.69, 9.17) is 28.0 Å². The molecule has 53 heavy (non-hydrogen) atoms. The smallest absolute Gasteiger partial charge is 0.330 e. The number of H-pyrrole nitrogens is 1. The number of aromatic nitrogens is 2. The number of hydrogen-bond acceptors (Lipinski definition) is 10. The van der Waals surface area contributed by atoms with Crippen molar-refractivity contribution in [2.45, 2.75) is 83.6 Å². The summed E-state index contributed by atoms with van der Waals surface area (Å²) in [6.45, 7) is 10.2. The van der Waals surface area contributed by atoms with Gasteiger partial charge in [-0.2, -0.15) is 5.26 Å². The summed E-state index contributed by atoms with van der Waals surface area (Å²) < 4.78 is 41.6. The van der Waals surface area contributed by atoms with Gasteiger partial charge in [0.05, 0.1) is 46.0 Å². The fourth-order valence-electron chi connectivity index (χ4n) is 6.62. The van der Waals surface area contributed by atoms with Crippen LogP contribution in [0.25, 0.3) is 0 Å². The van der Waals surface area contributed by atoms with Gasteiger partial charge in [0.25, 0.3) is 14.1 Å². The van der Waals surface area contributed by atoms with Crippen molar-refractivity contribution in [3.63, 3.8) is 0 Å². The Hall–Kier alpha value is -4.34. The molecule has 1 saturated heterocycles. The van der Waals surface area contributed by atoms with Gasteiger partial charge in [-0.1, -0.05) is 54.6 Å². The molecular formula is C40H49N4O8P. The fourth-order valence-corrected chi connectivity index (χ4v) is 8.38. The van der Waals surface area contributed by atoms with Crippen molar-refractivity contribution in [2.24, 2.45) is 0 Å². The quantitative estimate of drug-likeness (QED) is 0.0697. The van der Waals surface area contributed by atoms with Crippen LogP contribution in [0, 0.1) is 18.3 Å². The Bertz CT molecular complexity index is 1870. The largest absolute Gasteiger partial charge is 0.497 e. The number of hydrogen-bond donors (Lipinski definition) is 1. The summed E-state index contributed by atoms with van der Waals surface area (Å²) in [6, 6.07) is 27.8. The molecule has 1 fully saturated rings. The molecule has 3 aromatic carbocycles. The molecule has 2 heterocycles. The maximum Gasteiger partial charge on any atom is 0.330 e. The molecule has 1 aliphatic heterocycles. The summed E-state index contributed by atoms with van der Waals surface area (Å²) in [4.78, 5) is 27.8. The zero-order valence-corrected chi connectivity index (χ0v) is 32.2. The van der Waals surface area contributed by atoms with Crippen molar-refractivity contribution in [2.75, 3.05) is 27.4 Å². The molecule has 1 N–H and O–H groups in total. The minimum atomic E-state index is -1.67. The Morgan fingerprint density at radius 2 is 1.49 bits per heavy atom. The summed E-state index contributed by atoms with van der Waals surface area (Å²) >= 11 is 0. The van der Waals surface area contributed by atoms with E-state index in [1.807, 2.05) is 78.9 Å². The molecule has 0 saturated carbocycles. The Labute approximate surface area is 312 Å². The lowest BCUT2D eigenvalue weighted by atomic mass is 9.80. The number of aryl methyl sites for hydroxylation is 1. The second-order valence-electron chi connectivity index (χ2n) is 13.3. The Morgan fingerprint density at radius 1 is 0.925 bits per heavy atom. The minimum absolute atomic E-state index is 0.0376. The predicted molar refractivity (Wildman–Crippen MR) is 203 cm³/mol. The molecule has 13 heteroatoms. The van der Waals surface area contributed by atoms with Gasteiger partial charge in [0.2, 0.25) is 0 Å². The monoisotopic (exact) mass is 744 g/mol. The number of nitrogens with one attached hydrogen (secondary N) is 1. The summed E-state index contributed by atoms with van der Waals surface area (Å²) in [7, 11) is 1.59. The highest BCUT2D eigenvalue weighted by molar-refractivity contribution is 7.44. The first kappa shape index (κ1) is 39.9. The normalized spacial score (nSPS) is 18.0. The number of methoxy groups -OCH3 is 2. The highest BCUT2D eigenvalue weighted by atomic mass is 31.2. The number of rotatable bonds is 17. The molecule has 2 unspecified atom stereocenters. The SMILES string of the molecule is COc1ccc(C(OC[C@H]2O[C@@H](n3cc(C)c(=O)[nH]c3=O)CC2OP(OCCC#N)N(C(C)C)C(C)C)(c2ccccc2)c2ccc(OC)cc2)cc1.